The normalized spacial score (nSPS) is 23.2. The largest absolute Gasteiger partial charge is 0.469 e. The van der Waals surface area contributed by atoms with Gasteiger partial charge in [-0.2, -0.15) is 0 Å². The van der Waals surface area contributed by atoms with E-state index in [2.05, 4.69) is 0 Å². The van der Waals surface area contributed by atoms with Gasteiger partial charge in [-0.1, -0.05) is 6.07 Å². The van der Waals surface area contributed by atoms with Crippen molar-refractivity contribution in [1.29, 1.82) is 0 Å². The molecule has 1 amide bonds. The van der Waals surface area contributed by atoms with Crippen molar-refractivity contribution in [2.24, 2.45) is 5.92 Å². The molecule has 0 aromatic heterocycles. The molecule has 2 saturated carbocycles. The third-order valence-electron chi connectivity index (χ3n) is 5.25. The van der Waals surface area contributed by atoms with Crippen LogP contribution in [0.4, 0.5) is 8.78 Å². The first-order valence-corrected chi connectivity index (χ1v) is 8.84. The molecule has 1 aromatic rings. The number of halogens is 2. The van der Waals surface area contributed by atoms with E-state index in [4.69, 9.17) is 4.74 Å². The summed E-state index contributed by atoms with van der Waals surface area (Å²) in [7, 11) is 1.38. The van der Waals surface area contributed by atoms with Gasteiger partial charge in [-0.05, 0) is 56.6 Å². The van der Waals surface area contributed by atoms with Crippen LogP contribution in [0, 0.1) is 17.6 Å². The van der Waals surface area contributed by atoms with E-state index in [1.165, 1.54) is 19.2 Å². The fraction of sp³-hybridized carbons (Fsp3) is 0.579. The number of nitrogens with zero attached hydrogens (tertiary/aromatic N) is 1. The molecular weight excluding hydrogens is 328 g/mol. The Morgan fingerprint density at radius 3 is 2.24 bits per heavy atom. The van der Waals surface area contributed by atoms with Crippen molar-refractivity contribution < 1.29 is 23.1 Å². The molecule has 6 heteroatoms. The summed E-state index contributed by atoms with van der Waals surface area (Å²) in [4.78, 5) is 26.0. The molecule has 4 nitrogen and oxygen atoms in total. The van der Waals surface area contributed by atoms with Crippen molar-refractivity contribution in [3.63, 3.8) is 0 Å². The first-order valence-electron chi connectivity index (χ1n) is 8.84. The van der Waals surface area contributed by atoms with Gasteiger partial charge in [0.05, 0.1) is 12.7 Å². The maximum Gasteiger partial charge on any atom is 0.305 e. The fourth-order valence-electron chi connectivity index (χ4n) is 3.74. The molecule has 2 fully saturated rings. The van der Waals surface area contributed by atoms with Crippen LogP contribution in [0.5, 0.6) is 0 Å². The molecular formula is C19H23F2NO3. The van der Waals surface area contributed by atoms with Crippen molar-refractivity contribution in [3.05, 3.63) is 35.4 Å². The van der Waals surface area contributed by atoms with Crippen LogP contribution in [-0.2, 0) is 9.53 Å². The topological polar surface area (TPSA) is 46.6 Å². The SMILES string of the molecule is COC(=O)C[C@H]1CC[C@H](N(C(=O)c2cccc(F)c2F)C2CC2)CC1. The van der Waals surface area contributed by atoms with Gasteiger partial charge in [-0.3, -0.25) is 9.59 Å². The summed E-state index contributed by atoms with van der Waals surface area (Å²) in [5, 5.41) is 0. The van der Waals surface area contributed by atoms with Crippen molar-refractivity contribution >= 4 is 11.9 Å². The number of hydrogen-bond donors (Lipinski definition) is 0. The van der Waals surface area contributed by atoms with Crippen molar-refractivity contribution in [1.82, 2.24) is 4.90 Å². The number of carbonyl (C=O) groups is 2. The van der Waals surface area contributed by atoms with Gasteiger partial charge in [0.2, 0.25) is 0 Å². The minimum atomic E-state index is -1.07. The standard InChI is InChI=1S/C19H23F2NO3/c1-25-17(23)11-12-5-7-13(8-6-12)22(14-9-10-14)19(24)15-3-2-4-16(20)18(15)21/h2-4,12-14H,5-11H2,1H3/t12-,13-. The van der Waals surface area contributed by atoms with E-state index >= 15 is 0 Å². The molecule has 0 heterocycles. The van der Waals surface area contributed by atoms with E-state index in [9.17, 15) is 18.4 Å². The first kappa shape index (κ1) is 17.8. The zero-order valence-corrected chi connectivity index (χ0v) is 14.3. The number of hydrogen-bond acceptors (Lipinski definition) is 3. The highest BCUT2D eigenvalue weighted by molar-refractivity contribution is 5.95. The summed E-state index contributed by atoms with van der Waals surface area (Å²) in [6.07, 6.45) is 5.44. The Morgan fingerprint density at radius 2 is 1.68 bits per heavy atom. The van der Waals surface area contributed by atoms with E-state index in [0.717, 1.165) is 44.6 Å². The molecule has 0 aliphatic heterocycles. The molecule has 0 saturated heterocycles. The lowest BCUT2D eigenvalue weighted by molar-refractivity contribution is -0.142. The third kappa shape index (κ3) is 3.99. The molecule has 2 aliphatic rings. The highest BCUT2D eigenvalue weighted by Gasteiger charge is 2.40. The highest BCUT2D eigenvalue weighted by atomic mass is 19.2. The summed E-state index contributed by atoms with van der Waals surface area (Å²) in [5.41, 5.74) is -0.191. The van der Waals surface area contributed by atoms with Crippen LogP contribution in [0.25, 0.3) is 0 Å². The predicted molar refractivity (Wildman–Crippen MR) is 87.9 cm³/mol. The number of rotatable bonds is 5. The van der Waals surface area contributed by atoms with E-state index in [1.807, 2.05) is 0 Å². The van der Waals surface area contributed by atoms with Gasteiger partial charge < -0.3 is 9.64 Å². The quantitative estimate of drug-likeness (QED) is 0.760. The molecule has 3 rings (SSSR count). The average molecular weight is 351 g/mol. The summed E-state index contributed by atoms with van der Waals surface area (Å²) >= 11 is 0. The van der Waals surface area contributed by atoms with Crippen LogP contribution >= 0.6 is 0 Å². The van der Waals surface area contributed by atoms with Crippen LogP contribution in [0.15, 0.2) is 18.2 Å². The van der Waals surface area contributed by atoms with Gasteiger partial charge in [0, 0.05) is 18.5 Å². The number of benzene rings is 1. The van der Waals surface area contributed by atoms with Gasteiger partial charge >= 0.3 is 5.97 Å². The summed E-state index contributed by atoms with van der Waals surface area (Å²) in [5.74, 6) is -2.43. The minimum absolute atomic E-state index is 0.0246. The lowest BCUT2D eigenvalue weighted by Gasteiger charge is -2.37. The van der Waals surface area contributed by atoms with Crippen molar-refractivity contribution in [2.75, 3.05) is 7.11 Å². The van der Waals surface area contributed by atoms with Crippen molar-refractivity contribution in [2.45, 2.75) is 57.0 Å². The summed E-state index contributed by atoms with van der Waals surface area (Å²) < 4.78 is 32.2. The Hall–Kier alpha value is -1.98. The number of carbonyl (C=O) groups excluding carboxylic acids is 2. The molecule has 0 unspecified atom stereocenters. The zero-order valence-electron chi connectivity index (χ0n) is 14.3. The summed E-state index contributed by atoms with van der Waals surface area (Å²) in [6.45, 7) is 0. The smallest absolute Gasteiger partial charge is 0.305 e. The second-order valence-electron chi connectivity index (χ2n) is 7.00. The maximum absolute atomic E-state index is 14.0. The van der Waals surface area contributed by atoms with Gasteiger partial charge in [-0.15, -0.1) is 0 Å². The number of amides is 1. The number of methoxy groups -OCH3 is 1. The van der Waals surface area contributed by atoms with E-state index in [1.54, 1.807) is 4.90 Å². The molecule has 0 spiro atoms. The van der Waals surface area contributed by atoms with E-state index < -0.39 is 17.5 Å². The first-order chi connectivity index (χ1) is 12.0. The monoisotopic (exact) mass is 351 g/mol. The molecule has 136 valence electrons. The van der Waals surface area contributed by atoms with Gasteiger partial charge in [0.15, 0.2) is 11.6 Å². The Kier molecular flexibility index (Phi) is 5.35. The molecule has 0 radical (unpaired) electrons. The number of esters is 1. The molecule has 0 atom stereocenters. The molecule has 2 aliphatic carbocycles. The summed E-state index contributed by atoms with van der Waals surface area (Å²) in [6, 6.07) is 3.88. The van der Waals surface area contributed by atoms with Gasteiger partial charge in [0.25, 0.3) is 5.91 Å². The van der Waals surface area contributed by atoms with E-state index in [0.29, 0.717) is 6.42 Å². The Balaban J connectivity index is 1.69. The molecule has 1 aromatic carbocycles. The second kappa shape index (κ2) is 7.50. The van der Waals surface area contributed by atoms with Crippen molar-refractivity contribution in [3.8, 4) is 0 Å². The average Bonchev–Trinajstić information content (AvgIpc) is 3.43. The number of ether oxygens (including phenoxy) is 1. The van der Waals surface area contributed by atoms with Crippen LogP contribution in [0.1, 0.15) is 55.3 Å². The predicted octanol–water partition coefficient (Wildman–Crippen LogP) is 3.69. The zero-order chi connectivity index (χ0) is 18.0. The van der Waals surface area contributed by atoms with Gasteiger partial charge in [0.1, 0.15) is 0 Å². The Morgan fingerprint density at radius 1 is 1.08 bits per heavy atom. The van der Waals surface area contributed by atoms with Crippen LogP contribution < -0.4 is 0 Å². The highest BCUT2D eigenvalue weighted by Crippen LogP contribution is 2.37. The lowest BCUT2D eigenvalue weighted by atomic mass is 9.83. The Bertz CT molecular complexity index is 652. The lowest BCUT2D eigenvalue weighted by Crippen LogP contribution is -2.44. The third-order valence-corrected chi connectivity index (χ3v) is 5.25. The van der Waals surface area contributed by atoms with E-state index in [-0.39, 0.29) is 29.5 Å². The van der Waals surface area contributed by atoms with Crippen LogP contribution in [0.3, 0.4) is 0 Å². The fourth-order valence-corrected chi connectivity index (χ4v) is 3.74. The Labute approximate surface area is 146 Å². The maximum atomic E-state index is 14.0. The van der Waals surface area contributed by atoms with Crippen LogP contribution in [0.2, 0.25) is 0 Å². The molecule has 0 N–H and O–H groups in total. The minimum Gasteiger partial charge on any atom is -0.469 e. The molecule has 25 heavy (non-hydrogen) atoms. The second-order valence-corrected chi connectivity index (χ2v) is 7.00. The van der Waals surface area contributed by atoms with Gasteiger partial charge in [-0.25, -0.2) is 8.78 Å². The van der Waals surface area contributed by atoms with Crippen LogP contribution in [-0.4, -0.2) is 36.0 Å². The molecule has 0 bridgehead atoms.